The highest BCUT2D eigenvalue weighted by atomic mass is 32.2. The van der Waals surface area contributed by atoms with Crippen molar-refractivity contribution in [3.05, 3.63) is 52.3 Å². The lowest BCUT2D eigenvalue weighted by atomic mass is 10.2. The van der Waals surface area contributed by atoms with Gasteiger partial charge in [-0.2, -0.15) is 16.2 Å². The maximum absolute atomic E-state index is 8.97. The smallest absolute Gasteiger partial charge is 0.0991 e. The summed E-state index contributed by atoms with van der Waals surface area (Å²) in [7, 11) is -0.461. The number of aliphatic hydroxyl groups is 1. The lowest BCUT2D eigenvalue weighted by molar-refractivity contribution is 0.335. The summed E-state index contributed by atoms with van der Waals surface area (Å²) in [5.74, 6) is 0. The van der Waals surface area contributed by atoms with Crippen molar-refractivity contribution in [2.75, 3.05) is 6.61 Å². The van der Waals surface area contributed by atoms with Crippen LogP contribution in [0.5, 0.6) is 0 Å². The van der Waals surface area contributed by atoms with Crippen LogP contribution in [0.15, 0.2) is 51.6 Å². The average molecular weight is 217 g/mol. The van der Waals surface area contributed by atoms with Crippen LogP contribution >= 0.6 is 10.9 Å². The fraction of sp³-hybridized carbons (Fsp3) is 0.0833. The number of nitrogens with zero attached hydrogens (tertiary/aromatic N) is 1. The molecule has 1 aromatic carbocycles. The molecule has 1 aromatic rings. The van der Waals surface area contributed by atoms with Gasteiger partial charge >= 0.3 is 0 Å². The van der Waals surface area contributed by atoms with Crippen LogP contribution < -0.4 is 0 Å². The second kappa shape index (κ2) is 4.35. The van der Waals surface area contributed by atoms with Gasteiger partial charge in [0.25, 0.3) is 0 Å². The van der Waals surface area contributed by atoms with Crippen molar-refractivity contribution >= 4 is 10.9 Å². The zero-order valence-electron chi connectivity index (χ0n) is 8.09. The molecule has 0 radical (unpaired) electrons. The number of hydrogen-bond acceptors (Lipinski definition) is 2. The first-order valence-corrected chi connectivity index (χ1v) is 6.10. The van der Waals surface area contributed by atoms with Gasteiger partial charge in [0.05, 0.1) is 18.2 Å². The van der Waals surface area contributed by atoms with E-state index in [0.717, 1.165) is 10.5 Å². The molecule has 0 spiro atoms. The monoisotopic (exact) mass is 217 g/mol. The van der Waals surface area contributed by atoms with Crippen LogP contribution in [0.1, 0.15) is 5.56 Å². The molecule has 0 aliphatic carbocycles. The maximum atomic E-state index is 8.97. The van der Waals surface area contributed by atoms with Crippen molar-refractivity contribution in [2.45, 2.75) is 4.90 Å². The Labute approximate surface area is 91.5 Å². The van der Waals surface area contributed by atoms with Crippen molar-refractivity contribution < 1.29 is 5.11 Å². The fourth-order valence-corrected chi connectivity index (χ4v) is 3.26. The Balaban J connectivity index is 2.29. The van der Waals surface area contributed by atoms with E-state index in [4.69, 9.17) is 10.4 Å². The van der Waals surface area contributed by atoms with Gasteiger partial charge in [-0.3, -0.25) is 0 Å². The summed E-state index contributed by atoms with van der Waals surface area (Å²) in [5, 5.41) is 21.9. The Morgan fingerprint density at radius 2 is 2.27 bits per heavy atom. The number of rotatable bonds is 2. The third-order valence-corrected chi connectivity index (χ3v) is 4.16. The minimum atomic E-state index is -0.461. The minimum absolute atomic E-state index is 0.0905. The summed E-state index contributed by atoms with van der Waals surface area (Å²) in [6, 6.07) is 9.76. The first kappa shape index (κ1) is 10.0. The Morgan fingerprint density at radius 3 is 2.93 bits per heavy atom. The third kappa shape index (κ3) is 2.12. The van der Waals surface area contributed by atoms with Gasteiger partial charge in [0.15, 0.2) is 0 Å². The molecule has 0 saturated heterocycles. The molecular formula is C12H11NOS. The molecule has 15 heavy (non-hydrogen) atoms. The second-order valence-corrected chi connectivity index (χ2v) is 5.13. The van der Waals surface area contributed by atoms with Crippen LogP contribution in [0.2, 0.25) is 0 Å². The normalized spacial score (nSPS) is 21.1. The van der Waals surface area contributed by atoms with Gasteiger partial charge in [0, 0.05) is 0 Å². The molecule has 1 atom stereocenters. The quantitative estimate of drug-likeness (QED) is 0.747. The molecule has 1 N–H and O–H groups in total. The van der Waals surface area contributed by atoms with E-state index in [0.29, 0.717) is 5.56 Å². The Bertz CT molecular complexity index is 471. The van der Waals surface area contributed by atoms with Gasteiger partial charge in [-0.05, 0) is 39.5 Å². The summed E-state index contributed by atoms with van der Waals surface area (Å²) >= 11 is 0. The van der Waals surface area contributed by atoms with E-state index in [-0.39, 0.29) is 6.61 Å². The van der Waals surface area contributed by atoms with Gasteiger partial charge in [0.2, 0.25) is 0 Å². The highest BCUT2D eigenvalue weighted by molar-refractivity contribution is 8.22. The van der Waals surface area contributed by atoms with Gasteiger partial charge in [0.1, 0.15) is 0 Å². The molecule has 0 amide bonds. The molecule has 0 aromatic heterocycles. The molecule has 0 fully saturated rings. The van der Waals surface area contributed by atoms with E-state index < -0.39 is 10.9 Å². The van der Waals surface area contributed by atoms with Crippen LogP contribution in [0.25, 0.3) is 0 Å². The van der Waals surface area contributed by atoms with Crippen molar-refractivity contribution in [3.63, 3.8) is 0 Å². The third-order valence-electron chi connectivity index (χ3n) is 2.21. The number of aliphatic hydroxyl groups excluding tert-OH is 1. The molecule has 1 aliphatic heterocycles. The van der Waals surface area contributed by atoms with E-state index >= 15 is 0 Å². The Kier molecular flexibility index (Phi) is 2.91. The molecule has 2 rings (SSSR count). The molecule has 0 saturated carbocycles. The van der Waals surface area contributed by atoms with Gasteiger partial charge in [-0.25, -0.2) is 0 Å². The number of hydrogen-bond donors (Lipinski definition) is 2. The Hall–Kier alpha value is -1.50. The fourth-order valence-electron chi connectivity index (χ4n) is 1.43. The first-order valence-electron chi connectivity index (χ1n) is 4.62. The topological polar surface area (TPSA) is 44.0 Å². The summed E-state index contributed by atoms with van der Waals surface area (Å²) in [5.41, 5.74) is 1.65. The molecule has 0 bridgehead atoms. The zero-order valence-corrected chi connectivity index (χ0v) is 8.98. The van der Waals surface area contributed by atoms with Crippen LogP contribution in [-0.2, 0) is 0 Å². The molecular weight excluding hydrogens is 206 g/mol. The SMILES string of the molecule is N#Cc1cccc([SH]2C=CC(CO)=C2)c1. The summed E-state index contributed by atoms with van der Waals surface area (Å²) in [6.45, 7) is 0.0905. The van der Waals surface area contributed by atoms with Crippen molar-refractivity contribution in [2.24, 2.45) is 0 Å². The van der Waals surface area contributed by atoms with E-state index in [1.165, 1.54) is 0 Å². The van der Waals surface area contributed by atoms with Gasteiger partial charge in [-0.15, -0.1) is 0 Å². The highest BCUT2D eigenvalue weighted by Crippen LogP contribution is 2.44. The predicted molar refractivity (Wildman–Crippen MR) is 62.7 cm³/mol. The van der Waals surface area contributed by atoms with Crippen LogP contribution in [0, 0.1) is 11.3 Å². The number of benzene rings is 1. The number of nitriles is 1. The molecule has 3 heteroatoms. The molecule has 1 aliphatic rings. The first-order chi connectivity index (χ1) is 7.33. The minimum Gasteiger partial charge on any atom is -0.392 e. The lowest BCUT2D eigenvalue weighted by Crippen LogP contribution is -1.81. The lowest BCUT2D eigenvalue weighted by Gasteiger charge is -2.09. The van der Waals surface area contributed by atoms with E-state index in [9.17, 15) is 0 Å². The molecule has 1 unspecified atom stereocenters. The summed E-state index contributed by atoms with van der Waals surface area (Å²) < 4.78 is 0. The largest absolute Gasteiger partial charge is 0.392 e. The standard InChI is InChI=1S/C12H11NOS/c13-7-10-2-1-3-12(6-10)15-5-4-11(8-14)9-15/h1-6,9,14-15H,8H2. The van der Waals surface area contributed by atoms with Crippen molar-refractivity contribution in [1.29, 1.82) is 5.26 Å². The average Bonchev–Trinajstić information content (AvgIpc) is 2.78. The zero-order chi connectivity index (χ0) is 10.7. The molecule has 2 nitrogen and oxygen atoms in total. The molecule has 76 valence electrons. The number of thiol groups is 1. The van der Waals surface area contributed by atoms with Crippen molar-refractivity contribution in [1.82, 2.24) is 0 Å². The van der Waals surface area contributed by atoms with Crippen LogP contribution in [0.3, 0.4) is 0 Å². The van der Waals surface area contributed by atoms with Gasteiger partial charge in [-0.1, -0.05) is 12.1 Å². The van der Waals surface area contributed by atoms with Crippen molar-refractivity contribution in [3.8, 4) is 6.07 Å². The summed E-state index contributed by atoms with van der Waals surface area (Å²) in [6.07, 6.45) is 1.95. The van der Waals surface area contributed by atoms with E-state index in [1.54, 1.807) is 6.07 Å². The maximum Gasteiger partial charge on any atom is 0.0991 e. The second-order valence-electron chi connectivity index (χ2n) is 3.25. The highest BCUT2D eigenvalue weighted by Gasteiger charge is 2.07. The van der Waals surface area contributed by atoms with Gasteiger partial charge < -0.3 is 5.11 Å². The summed E-state index contributed by atoms with van der Waals surface area (Å²) in [4.78, 5) is 1.16. The van der Waals surface area contributed by atoms with Crippen LogP contribution in [-0.4, -0.2) is 11.7 Å². The van der Waals surface area contributed by atoms with Crippen LogP contribution in [0.4, 0.5) is 0 Å². The van der Waals surface area contributed by atoms with E-state index in [2.05, 4.69) is 16.9 Å². The molecule has 1 heterocycles. The predicted octanol–water partition coefficient (Wildman–Crippen LogP) is 2.32. The van der Waals surface area contributed by atoms with E-state index in [1.807, 2.05) is 24.3 Å². The Morgan fingerprint density at radius 1 is 1.40 bits per heavy atom.